The molecule has 2 aliphatic rings. The maximum absolute atomic E-state index is 13.3. The van der Waals surface area contributed by atoms with E-state index in [1.165, 1.54) is 9.87 Å². The summed E-state index contributed by atoms with van der Waals surface area (Å²) in [6, 6.07) is 4.02. The Morgan fingerprint density at radius 2 is 1.93 bits per heavy atom. The molecule has 2 N–H and O–H groups in total. The van der Waals surface area contributed by atoms with Crippen LogP contribution in [0.1, 0.15) is 31.7 Å². The van der Waals surface area contributed by atoms with E-state index in [4.69, 9.17) is 9.94 Å². The van der Waals surface area contributed by atoms with Gasteiger partial charge in [-0.25, -0.2) is 18.9 Å². The van der Waals surface area contributed by atoms with Gasteiger partial charge in [-0.2, -0.15) is 4.31 Å². The number of rotatable bonds is 6. The number of carbonyl (C=O) groups is 1. The number of ether oxygens (including phenoxy) is 1. The molecular weight excluding hydrogens is 384 g/mol. The lowest BCUT2D eigenvalue weighted by Gasteiger charge is -2.41. The molecule has 1 aromatic heterocycles. The summed E-state index contributed by atoms with van der Waals surface area (Å²) in [6.07, 6.45) is 3.97. The Kier molecular flexibility index (Phi) is 6.54. The number of pyridine rings is 1. The van der Waals surface area contributed by atoms with Gasteiger partial charge in [-0.3, -0.25) is 10.0 Å². The first-order valence-corrected chi connectivity index (χ1v) is 11.1. The van der Waals surface area contributed by atoms with Crippen molar-refractivity contribution in [3.05, 3.63) is 23.9 Å². The average molecular weight is 413 g/mol. The molecule has 0 aromatic carbocycles. The first kappa shape index (κ1) is 21.0. The highest BCUT2D eigenvalue weighted by atomic mass is 32.2. The Labute approximate surface area is 165 Å². The quantitative estimate of drug-likeness (QED) is 0.518. The second kappa shape index (κ2) is 8.73. The SMILES string of the molecule is CCCc1ccc(N2CCN(S(=O)(=O)C3(C(=O)NO)CCOCC3)CC2)nc1. The summed E-state index contributed by atoms with van der Waals surface area (Å²) in [5, 5.41) is 9.13. The molecule has 156 valence electrons. The van der Waals surface area contributed by atoms with Gasteiger partial charge in [0.15, 0.2) is 4.75 Å². The van der Waals surface area contributed by atoms with E-state index in [1.54, 1.807) is 5.48 Å². The number of nitrogens with zero attached hydrogens (tertiary/aromatic N) is 3. The van der Waals surface area contributed by atoms with Crippen LogP contribution in [0.15, 0.2) is 18.3 Å². The van der Waals surface area contributed by atoms with Gasteiger partial charge < -0.3 is 9.64 Å². The predicted octanol–water partition coefficient (Wildman–Crippen LogP) is 0.541. The Hall–Kier alpha value is -1.75. The molecule has 1 amide bonds. The molecule has 0 spiro atoms. The highest BCUT2D eigenvalue weighted by molar-refractivity contribution is 7.91. The molecule has 9 nitrogen and oxygen atoms in total. The van der Waals surface area contributed by atoms with Gasteiger partial charge in [0, 0.05) is 58.4 Å². The van der Waals surface area contributed by atoms with Crippen LogP contribution in [-0.4, -0.2) is 73.0 Å². The molecule has 3 rings (SSSR count). The molecule has 10 heteroatoms. The molecule has 1 aromatic rings. The molecule has 2 fully saturated rings. The number of aromatic nitrogens is 1. The van der Waals surface area contributed by atoms with Crippen LogP contribution in [0, 0.1) is 0 Å². The van der Waals surface area contributed by atoms with Crippen molar-refractivity contribution in [2.45, 2.75) is 37.4 Å². The third-order valence-corrected chi connectivity index (χ3v) is 8.19. The molecule has 0 aliphatic carbocycles. The largest absolute Gasteiger partial charge is 0.381 e. The van der Waals surface area contributed by atoms with Crippen LogP contribution in [0.4, 0.5) is 5.82 Å². The van der Waals surface area contributed by atoms with Crippen molar-refractivity contribution in [1.29, 1.82) is 0 Å². The van der Waals surface area contributed by atoms with Crippen molar-refractivity contribution in [1.82, 2.24) is 14.8 Å². The zero-order valence-corrected chi connectivity index (χ0v) is 16.9. The number of piperazine rings is 1. The van der Waals surface area contributed by atoms with Crippen molar-refractivity contribution in [3.63, 3.8) is 0 Å². The van der Waals surface area contributed by atoms with E-state index in [-0.39, 0.29) is 39.1 Å². The van der Waals surface area contributed by atoms with Gasteiger partial charge in [-0.05, 0) is 18.1 Å². The number of hydrogen-bond acceptors (Lipinski definition) is 7. The van der Waals surface area contributed by atoms with Crippen LogP contribution in [0.3, 0.4) is 0 Å². The van der Waals surface area contributed by atoms with Crippen molar-refractivity contribution in [2.75, 3.05) is 44.3 Å². The third kappa shape index (κ3) is 3.86. The van der Waals surface area contributed by atoms with Crippen molar-refractivity contribution in [2.24, 2.45) is 0 Å². The second-order valence-corrected chi connectivity index (χ2v) is 9.46. The number of anilines is 1. The first-order chi connectivity index (χ1) is 13.4. The molecule has 0 atom stereocenters. The van der Waals surface area contributed by atoms with Crippen molar-refractivity contribution < 1.29 is 23.2 Å². The number of hydrogen-bond donors (Lipinski definition) is 2. The van der Waals surface area contributed by atoms with E-state index in [9.17, 15) is 13.2 Å². The molecule has 0 radical (unpaired) electrons. The van der Waals surface area contributed by atoms with Gasteiger partial charge in [0.05, 0.1) is 0 Å². The summed E-state index contributed by atoms with van der Waals surface area (Å²) in [4.78, 5) is 18.8. The Morgan fingerprint density at radius 3 is 2.46 bits per heavy atom. The van der Waals surface area contributed by atoms with Crippen LogP contribution >= 0.6 is 0 Å². The number of amides is 1. The Balaban J connectivity index is 1.71. The van der Waals surface area contributed by atoms with Crippen LogP contribution in [0.25, 0.3) is 0 Å². The Morgan fingerprint density at radius 1 is 1.25 bits per heavy atom. The van der Waals surface area contributed by atoms with Gasteiger partial charge >= 0.3 is 0 Å². The predicted molar refractivity (Wildman–Crippen MR) is 104 cm³/mol. The molecule has 2 aliphatic heterocycles. The fraction of sp³-hybridized carbons (Fsp3) is 0.667. The first-order valence-electron chi connectivity index (χ1n) is 9.66. The van der Waals surface area contributed by atoms with Crippen molar-refractivity contribution >= 4 is 21.7 Å². The van der Waals surface area contributed by atoms with Crippen LogP contribution in [-0.2, 0) is 26.0 Å². The maximum Gasteiger partial charge on any atom is 0.266 e. The summed E-state index contributed by atoms with van der Waals surface area (Å²) in [5.41, 5.74) is 2.73. The molecule has 0 bridgehead atoms. The topological polar surface area (TPSA) is 112 Å². The second-order valence-electron chi connectivity index (χ2n) is 7.21. The lowest BCUT2D eigenvalue weighted by Crippen LogP contribution is -2.62. The van der Waals surface area contributed by atoms with Crippen LogP contribution in [0.2, 0.25) is 0 Å². The zero-order valence-electron chi connectivity index (χ0n) is 16.1. The molecule has 3 heterocycles. The lowest BCUT2D eigenvalue weighted by molar-refractivity contribution is -0.134. The zero-order chi connectivity index (χ0) is 20.2. The highest BCUT2D eigenvalue weighted by Gasteiger charge is 2.54. The minimum absolute atomic E-state index is 0.0301. The number of aryl methyl sites for hydroxylation is 1. The van der Waals surface area contributed by atoms with Gasteiger partial charge in [-0.1, -0.05) is 19.4 Å². The maximum atomic E-state index is 13.3. The van der Waals surface area contributed by atoms with E-state index in [2.05, 4.69) is 18.0 Å². The van der Waals surface area contributed by atoms with Crippen LogP contribution in [0.5, 0.6) is 0 Å². The fourth-order valence-electron chi connectivity index (χ4n) is 3.85. The molecule has 0 saturated carbocycles. The number of hydroxylamine groups is 1. The van der Waals surface area contributed by atoms with Gasteiger partial charge in [0.1, 0.15) is 5.82 Å². The monoisotopic (exact) mass is 412 g/mol. The van der Waals surface area contributed by atoms with Gasteiger partial charge in [0.25, 0.3) is 5.91 Å². The van der Waals surface area contributed by atoms with E-state index in [0.29, 0.717) is 13.1 Å². The summed E-state index contributed by atoms with van der Waals surface area (Å²) in [6.45, 7) is 3.97. The normalized spacial score (nSPS) is 20.7. The van der Waals surface area contributed by atoms with E-state index in [1.807, 2.05) is 17.2 Å². The molecular formula is C18H28N4O5S. The van der Waals surface area contributed by atoms with Gasteiger partial charge in [0.2, 0.25) is 10.0 Å². The number of sulfonamides is 1. The molecule has 2 saturated heterocycles. The van der Waals surface area contributed by atoms with E-state index in [0.717, 1.165) is 18.7 Å². The Bertz CT molecular complexity index is 770. The number of carbonyl (C=O) groups excluding carboxylic acids is 1. The van der Waals surface area contributed by atoms with E-state index < -0.39 is 20.7 Å². The molecule has 0 unspecified atom stereocenters. The molecule has 28 heavy (non-hydrogen) atoms. The van der Waals surface area contributed by atoms with Crippen molar-refractivity contribution in [3.8, 4) is 0 Å². The number of nitrogens with one attached hydrogen (secondary N) is 1. The summed E-state index contributed by atoms with van der Waals surface area (Å²) >= 11 is 0. The van der Waals surface area contributed by atoms with Gasteiger partial charge in [-0.15, -0.1) is 0 Å². The van der Waals surface area contributed by atoms with Crippen LogP contribution < -0.4 is 10.4 Å². The van der Waals surface area contributed by atoms with E-state index >= 15 is 0 Å². The summed E-state index contributed by atoms with van der Waals surface area (Å²) < 4.78 is 31.5. The minimum atomic E-state index is -3.94. The fourth-order valence-corrected chi connectivity index (χ4v) is 5.95. The third-order valence-electron chi connectivity index (χ3n) is 5.56. The smallest absolute Gasteiger partial charge is 0.266 e. The highest BCUT2D eigenvalue weighted by Crippen LogP contribution is 2.33. The minimum Gasteiger partial charge on any atom is -0.381 e. The average Bonchev–Trinajstić information content (AvgIpc) is 2.74. The summed E-state index contributed by atoms with van der Waals surface area (Å²) in [5.74, 6) is -0.0582. The standard InChI is InChI=1S/C18H28N4O5S/c1-2-3-15-4-5-16(19-14-15)21-8-10-22(11-9-21)28(25,26)18(17(23)20-24)6-12-27-13-7-18/h4-5,14,24H,2-3,6-13H2,1H3,(H,20,23). The lowest BCUT2D eigenvalue weighted by atomic mass is 9.98. The summed E-state index contributed by atoms with van der Waals surface area (Å²) in [7, 11) is -3.94.